The molecule has 1 unspecified atom stereocenters. The highest BCUT2D eigenvalue weighted by Crippen LogP contribution is 2.37. The molecular weight excluding hydrogens is 454 g/mol. The van der Waals surface area contributed by atoms with Crippen molar-refractivity contribution in [1.82, 2.24) is 4.98 Å². The van der Waals surface area contributed by atoms with Gasteiger partial charge in [-0.1, -0.05) is 53.9 Å². The van der Waals surface area contributed by atoms with Crippen LogP contribution in [0.25, 0.3) is 11.1 Å². The van der Waals surface area contributed by atoms with E-state index in [0.717, 1.165) is 20.1 Å². The third kappa shape index (κ3) is 2.64. The number of hydrogen-bond donors (Lipinski definition) is 1. The highest BCUT2D eigenvalue weighted by molar-refractivity contribution is 9.11. The molecule has 1 N–H and O–H groups in total. The lowest BCUT2D eigenvalue weighted by Crippen LogP contribution is -1.94. The molecule has 6 heteroatoms. The molecule has 1 atom stereocenters. The van der Waals surface area contributed by atoms with E-state index in [4.69, 9.17) is 4.42 Å². The Morgan fingerprint density at radius 2 is 1.90 bits per heavy atom. The van der Waals surface area contributed by atoms with Crippen LogP contribution in [-0.2, 0) is 0 Å². The minimum Gasteiger partial charge on any atom is -0.408 e. The molecule has 0 spiro atoms. The molecule has 0 saturated heterocycles. The number of halogens is 3. The maximum absolute atomic E-state index is 11.2. The number of fused-ring (bicyclic) bond motifs is 1. The van der Waals surface area contributed by atoms with Gasteiger partial charge >= 0.3 is 5.76 Å². The molecule has 0 aliphatic carbocycles. The Balaban J connectivity index is 2.09. The monoisotopic (exact) mass is 459 g/mol. The van der Waals surface area contributed by atoms with Crippen LogP contribution in [0.1, 0.15) is 16.0 Å². The zero-order chi connectivity index (χ0) is 14.3. The van der Waals surface area contributed by atoms with Crippen LogP contribution < -0.4 is 5.76 Å². The van der Waals surface area contributed by atoms with E-state index >= 15 is 0 Å². The van der Waals surface area contributed by atoms with Crippen molar-refractivity contribution in [3.63, 3.8) is 0 Å². The molecular formula is C14H8Br3NO2. The molecule has 0 bridgehead atoms. The maximum Gasteiger partial charge on any atom is 0.417 e. The van der Waals surface area contributed by atoms with Gasteiger partial charge in [0.2, 0.25) is 0 Å². The van der Waals surface area contributed by atoms with Crippen molar-refractivity contribution in [2.75, 3.05) is 0 Å². The summed E-state index contributed by atoms with van der Waals surface area (Å²) < 4.78 is 7.12. The number of oxazole rings is 1. The quantitative estimate of drug-likeness (QED) is 0.538. The molecule has 0 radical (unpaired) electrons. The van der Waals surface area contributed by atoms with Gasteiger partial charge in [0.15, 0.2) is 5.58 Å². The number of H-pyrrole nitrogens is 1. The van der Waals surface area contributed by atoms with Crippen LogP contribution in [0.2, 0.25) is 0 Å². The number of benzene rings is 2. The summed E-state index contributed by atoms with van der Waals surface area (Å²) in [5.41, 5.74) is 3.37. The van der Waals surface area contributed by atoms with Crippen molar-refractivity contribution < 1.29 is 4.42 Å². The van der Waals surface area contributed by atoms with Crippen molar-refractivity contribution >= 4 is 58.9 Å². The Kier molecular flexibility index (Phi) is 3.88. The normalized spacial score (nSPS) is 12.8. The van der Waals surface area contributed by atoms with Crippen LogP contribution in [0.3, 0.4) is 0 Å². The van der Waals surface area contributed by atoms with Crippen molar-refractivity contribution in [3.05, 3.63) is 67.0 Å². The smallest absolute Gasteiger partial charge is 0.408 e. The predicted octanol–water partition coefficient (Wildman–Crippen LogP) is 5.13. The molecule has 0 aliphatic rings. The molecule has 0 amide bonds. The zero-order valence-electron chi connectivity index (χ0n) is 9.99. The average Bonchev–Trinajstić information content (AvgIpc) is 2.79. The zero-order valence-corrected chi connectivity index (χ0v) is 14.7. The summed E-state index contributed by atoms with van der Waals surface area (Å²) >= 11 is 10.7. The molecule has 1 heterocycles. The molecule has 2 aromatic carbocycles. The second kappa shape index (κ2) is 5.50. The van der Waals surface area contributed by atoms with Crippen molar-refractivity contribution in [3.8, 4) is 0 Å². The van der Waals surface area contributed by atoms with Crippen LogP contribution in [0.15, 0.2) is 54.6 Å². The summed E-state index contributed by atoms with van der Waals surface area (Å²) in [6.07, 6.45) is 0. The maximum atomic E-state index is 11.2. The van der Waals surface area contributed by atoms with E-state index < -0.39 is 5.76 Å². The Bertz CT molecular complexity index is 838. The first-order chi connectivity index (χ1) is 9.54. The van der Waals surface area contributed by atoms with Gasteiger partial charge < -0.3 is 4.42 Å². The Labute approximate surface area is 139 Å². The van der Waals surface area contributed by atoms with E-state index in [1.54, 1.807) is 0 Å². The molecule has 102 valence electrons. The number of aromatic nitrogens is 1. The fraction of sp³-hybridized carbons (Fsp3) is 0.0714. The summed E-state index contributed by atoms with van der Waals surface area (Å²) in [5, 5.41) is 0. The lowest BCUT2D eigenvalue weighted by molar-refractivity contribution is 0.555. The second-order valence-corrected chi connectivity index (χ2v) is 6.98. The molecule has 3 nitrogen and oxygen atoms in total. The first-order valence-corrected chi connectivity index (χ1v) is 8.26. The molecule has 20 heavy (non-hydrogen) atoms. The minimum absolute atomic E-state index is 0.000947. The van der Waals surface area contributed by atoms with E-state index in [-0.39, 0.29) is 4.83 Å². The number of hydrogen-bond acceptors (Lipinski definition) is 2. The van der Waals surface area contributed by atoms with Gasteiger partial charge in [0, 0.05) is 8.95 Å². The summed E-state index contributed by atoms with van der Waals surface area (Å²) in [7, 11) is 0. The number of alkyl halides is 1. The van der Waals surface area contributed by atoms with E-state index in [9.17, 15) is 4.79 Å². The Morgan fingerprint density at radius 3 is 2.70 bits per heavy atom. The van der Waals surface area contributed by atoms with Gasteiger partial charge in [-0.3, -0.25) is 4.98 Å². The van der Waals surface area contributed by atoms with E-state index in [2.05, 4.69) is 52.8 Å². The summed E-state index contributed by atoms with van der Waals surface area (Å²) in [4.78, 5) is 13.8. The van der Waals surface area contributed by atoms with Crippen molar-refractivity contribution in [2.45, 2.75) is 4.83 Å². The summed E-state index contributed by atoms with van der Waals surface area (Å²) in [5.74, 6) is -0.438. The van der Waals surface area contributed by atoms with Crippen LogP contribution in [-0.4, -0.2) is 4.98 Å². The van der Waals surface area contributed by atoms with Gasteiger partial charge in [-0.15, -0.1) is 0 Å². The highest BCUT2D eigenvalue weighted by atomic mass is 79.9. The molecule has 0 aliphatic heterocycles. The van der Waals surface area contributed by atoms with E-state index in [0.29, 0.717) is 11.1 Å². The lowest BCUT2D eigenvalue weighted by Gasteiger charge is -2.13. The third-order valence-corrected chi connectivity index (χ3v) is 5.21. The summed E-state index contributed by atoms with van der Waals surface area (Å²) in [6.45, 7) is 0. The molecule has 3 aromatic rings. The SMILES string of the molecule is O=c1[nH]c2ccc(C(Br)c3cc(Br)ccc3Br)cc2o1. The van der Waals surface area contributed by atoms with Crippen LogP contribution >= 0.6 is 47.8 Å². The largest absolute Gasteiger partial charge is 0.417 e. The van der Waals surface area contributed by atoms with Gasteiger partial charge in [0.25, 0.3) is 0 Å². The predicted molar refractivity (Wildman–Crippen MR) is 89.4 cm³/mol. The Hall–Kier alpha value is -0.850. The summed E-state index contributed by atoms with van der Waals surface area (Å²) in [6, 6.07) is 11.7. The van der Waals surface area contributed by atoms with Crippen molar-refractivity contribution in [2.24, 2.45) is 0 Å². The van der Waals surface area contributed by atoms with Gasteiger partial charge in [0.1, 0.15) is 0 Å². The lowest BCUT2D eigenvalue weighted by atomic mass is 10.0. The minimum atomic E-state index is -0.438. The fourth-order valence-electron chi connectivity index (χ4n) is 2.01. The van der Waals surface area contributed by atoms with E-state index in [1.165, 1.54) is 0 Å². The van der Waals surface area contributed by atoms with Crippen molar-refractivity contribution in [1.29, 1.82) is 0 Å². The van der Waals surface area contributed by atoms with Gasteiger partial charge in [-0.25, -0.2) is 4.79 Å². The third-order valence-electron chi connectivity index (χ3n) is 2.97. The van der Waals surface area contributed by atoms with E-state index in [1.807, 2.05) is 36.4 Å². The second-order valence-electron chi connectivity index (χ2n) is 4.30. The standard InChI is InChI=1S/C14H8Br3NO2/c15-8-2-3-10(16)9(6-8)13(17)7-1-4-11-12(5-7)20-14(19)18-11/h1-6,13H,(H,18,19). The molecule has 0 fully saturated rings. The highest BCUT2D eigenvalue weighted by Gasteiger charge is 2.15. The van der Waals surface area contributed by atoms with Gasteiger partial charge in [-0.2, -0.15) is 0 Å². The fourth-order valence-corrected chi connectivity index (χ4v) is 3.83. The van der Waals surface area contributed by atoms with Gasteiger partial charge in [-0.05, 0) is 41.5 Å². The number of rotatable bonds is 2. The number of aromatic amines is 1. The first-order valence-electron chi connectivity index (χ1n) is 5.76. The number of nitrogens with one attached hydrogen (secondary N) is 1. The van der Waals surface area contributed by atoms with Crippen LogP contribution in [0.4, 0.5) is 0 Å². The Morgan fingerprint density at radius 1 is 1.10 bits per heavy atom. The molecule has 0 saturated carbocycles. The first kappa shape index (κ1) is 14.1. The average molecular weight is 462 g/mol. The van der Waals surface area contributed by atoms with Crippen LogP contribution in [0, 0.1) is 0 Å². The topological polar surface area (TPSA) is 46.0 Å². The van der Waals surface area contributed by atoms with Crippen LogP contribution in [0.5, 0.6) is 0 Å². The molecule has 1 aromatic heterocycles. The molecule has 3 rings (SSSR count). The van der Waals surface area contributed by atoms with Gasteiger partial charge in [0.05, 0.1) is 10.3 Å².